The highest BCUT2D eigenvalue weighted by Gasteiger charge is 2.29. The van der Waals surface area contributed by atoms with Gasteiger partial charge in [0.1, 0.15) is 5.82 Å². The summed E-state index contributed by atoms with van der Waals surface area (Å²) in [4.78, 5) is 0. The van der Waals surface area contributed by atoms with Gasteiger partial charge in [0, 0.05) is 12.2 Å². The Labute approximate surface area is 121 Å². The summed E-state index contributed by atoms with van der Waals surface area (Å²) in [6, 6.07) is 9.39. The highest BCUT2D eigenvalue weighted by Crippen LogP contribution is 2.29. The molecule has 1 nitrogen and oxygen atoms in total. The number of hydrogen-bond donors (Lipinski definition) is 1. The molecule has 6 heteroatoms. The molecular weight excluding hydrogens is 338 g/mol. The predicted molar refractivity (Wildman–Crippen MR) is 72.9 cm³/mol. The van der Waals surface area contributed by atoms with Crippen LogP contribution in [0.3, 0.4) is 0 Å². The van der Waals surface area contributed by atoms with Crippen molar-refractivity contribution in [1.29, 1.82) is 0 Å². The Morgan fingerprint density at radius 2 is 1.65 bits per heavy atom. The average Bonchev–Trinajstić information content (AvgIpc) is 2.40. The van der Waals surface area contributed by atoms with E-state index in [0.717, 1.165) is 12.1 Å². The van der Waals surface area contributed by atoms with Crippen LogP contribution in [0.1, 0.15) is 11.1 Å². The standard InChI is InChI=1S/C14H10BrF4N/c15-12-6-5-11(7-13(12)16)20-8-9-1-3-10(4-2-9)14(17,18)19/h1-7,20H,8H2. The molecule has 0 radical (unpaired) electrons. The molecule has 0 aromatic heterocycles. The fourth-order valence-corrected chi connectivity index (χ4v) is 1.87. The van der Waals surface area contributed by atoms with Crippen LogP contribution >= 0.6 is 15.9 Å². The lowest BCUT2D eigenvalue weighted by atomic mass is 10.1. The minimum absolute atomic E-state index is 0.319. The number of halogens is 5. The van der Waals surface area contributed by atoms with Gasteiger partial charge in [0.05, 0.1) is 10.0 Å². The van der Waals surface area contributed by atoms with Gasteiger partial charge in [-0.25, -0.2) is 4.39 Å². The lowest BCUT2D eigenvalue weighted by Crippen LogP contribution is -2.05. The Bertz CT molecular complexity index is 593. The van der Waals surface area contributed by atoms with Crippen molar-refractivity contribution in [2.24, 2.45) is 0 Å². The molecule has 0 spiro atoms. The quantitative estimate of drug-likeness (QED) is 0.750. The smallest absolute Gasteiger partial charge is 0.381 e. The summed E-state index contributed by atoms with van der Waals surface area (Å²) in [6.07, 6.45) is -4.33. The maximum atomic E-state index is 13.3. The lowest BCUT2D eigenvalue weighted by Gasteiger charge is -2.09. The summed E-state index contributed by atoms with van der Waals surface area (Å²) in [5, 5.41) is 2.95. The second-order valence-electron chi connectivity index (χ2n) is 4.18. The maximum absolute atomic E-state index is 13.3. The molecular formula is C14H10BrF4N. The first-order chi connectivity index (χ1) is 9.36. The van der Waals surface area contributed by atoms with Crippen LogP contribution in [0.15, 0.2) is 46.9 Å². The Hall–Kier alpha value is -1.56. The van der Waals surface area contributed by atoms with Crippen LogP contribution in [-0.4, -0.2) is 0 Å². The molecule has 106 valence electrons. The zero-order valence-electron chi connectivity index (χ0n) is 10.1. The van der Waals surface area contributed by atoms with Gasteiger partial charge in [-0.3, -0.25) is 0 Å². The van der Waals surface area contributed by atoms with Crippen LogP contribution in [0, 0.1) is 5.82 Å². The molecule has 0 amide bonds. The third-order valence-corrected chi connectivity index (χ3v) is 3.34. The first-order valence-corrected chi connectivity index (χ1v) is 6.50. The minimum Gasteiger partial charge on any atom is -0.381 e. The summed E-state index contributed by atoms with van der Waals surface area (Å²) in [6.45, 7) is 0.319. The van der Waals surface area contributed by atoms with Crippen LogP contribution < -0.4 is 5.32 Å². The van der Waals surface area contributed by atoms with Crippen LogP contribution in [0.4, 0.5) is 23.2 Å². The van der Waals surface area contributed by atoms with Gasteiger partial charge in [0.15, 0.2) is 0 Å². The van der Waals surface area contributed by atoms with Crippen molar-refractivity contribution in [2.45, 2.75) is 12.7 Å². The highest BCUT2D eigenvalue weighted by molar-refractivity contribution is 9.10. The molecule has 0 fully saturated rings. The molecule has 0 saturated heterocycles. The van der Waals surface area contributed by atoms with Gasteiger partial charge in [0.25, 0.3) is 0 Å². The van der Waals surface area contributed by atoms with E-state index in [0.29, 0.717) is 22.3 Å². The molecule has 1 N–H and O–H groups in total. The average molecular weight is 348 g/mol. The molecule has 0 aliphatic rings. The van der Waals surface area contributed by atoms with E-state index < -0.39 is 17.6 Å². The molecule has 2 rings (SSSR count). The van der Waals surface area contributed by atoms with E-state index in [1.54, 1.807) is 12.1 Å². The summed E-state index contributed by atoms with van der Waals surface area (Å²) in [5.74, 6) is -0.401. The first-order valence-electron chi connectivity index (χ1n) is 5.71. The van der Waals surface area contributed by atoms with Crippen LogP contribution in [-0.2, 0) is 12.7 Å². The van der Waals surface area contributed by atoms with Gasteiger partial charge in [0.2, 0.25) is 0 Å². The largest absolute Gasteiger partial charge is 0.416 e. The van der Waals surface area contributed by atoms with E-state index in [-0.39, 0.29) is 0 Å². The molecule has 0 unspecified atom stereocenters. The van der Waals surface area contributed by atoms with E-state index in [2.05, 4.69) is 21.2 Å². The number of anilines is 1. The topological polar surface area (TPSA) is 12.0 Å². The zero-order chi connectivity index (χ0) is 14.8. The fraction of sp³-hybridized carbons (Fsp3) is 0.143. The first kappa shape index (κ1) is 14.8. The molecule has 0 aliphatic carbocycles. The number of alkyl halides is 3. The second-order valence-corrected chi connectivity index (χ2v) is 5.03. The summed E-state index contributed by atoms with van der Waals surface area (Å²) in [5.41, 5.74) is 0.558. The van der Waals surface area contributed by atoms with Gasteiger partial charge < -0.3 is 5.32 Å². The summed E-state index contributed by atoms with van der Waals surface area (Å²) >= 11 is 3.04. The molecule has 20 heavy (non-hydrogen) atoms. The molecule has 2 aromatic rings. The Kier molecular flexibility index (Phi) is 4.32. The zero-order valence-corrected chi connectivity index (χ0v) is 11.7. The van der Waals surface area contributed by atoms with Crippen molar-refractivity contribution in [2.75, 3.05) is 5.32 Å². The molecule has 0 bridgehead atoms. The van der Waals surface area contributed by atoms with E-state index in [4.69, 9.17) is 0 Å². The predicted octanol–water partition coefficient (Wildman–Crippen LogP) is 5.22. The summed E-state index contributed by atoms with van der Waals surface area (Å²) in [7, 11) is 0. The molecule has 0 atom stereocenters. The minimum atomic E-state index is -4.33. The van der Waals surface area contributed by atoms with Crippen molar-refractivity contribution in [3.05, 3.63) is 63.9 Å². The molecule has 2 aromatic carbocycles. The van der Waals surface area contributed by atoms with Crippen molar-refractivity contribution in [3.8, 4) is 0 Å². The highest BCUT2D eigenvalue weighted by atomic mass is 79.9. The fourth-order valence-electron chi connectivity index (χ4n) is 1.62. The normalized spacial score (nSPS) is 11.4. The molecule has 0 aliphatic heterocycles. The van der Waals surface area contributed by atoms with Crippen LogP contribution in [0.2, 0.25) is 0 Å². The number of rotatable bonds is 3. The second kappa shape index (κ2) is 5.83. The Morgan fingerprint density at radius 1 is 1.00 bits per heavy atom. The van der Waals surface area contributed by atoms with Crippen molar-refractivity contribution >= 4 is 21.6 Å². The molecule has 0 saturated carbocycles. The number of benzene rings is 2. The van der Waals surface area contributed by atoms with Gasteiger partial charge in [-0.2, -0.15) is 13.2 Å². The third-order valence-electron chi connectivity index (χ3n) is 2.70. The van der Waals surface area contributed by atoms with Gasteiger partial charge in [-0.05, 0) is 51.8 Å². The van der Waals surface area contributed by atoms with E-state index in [1.165, 1.54) is 18.2 Å². The molecule has 0 heterocycles. The third kappa shape index (κ3) is 3.72. The number of hydrogen-bond acceptors (Lipinski definition) is 1. The Balaban J connectivity index is 2.02. The van der Waals surface area contributed by atoms with Crippen molar-refractivity contribution < 1.29 is 17.6 Å². The van der Waals surface area contributed by atoms with E-state index in [1.807, 2.05) is 0 Å². The maximum Gasteiger partial charge on any atom is 0.416 e. The monoisotopic (exact) mass is 347 g/mol. The van der Waals surface area contributed by atoms with E-state index >= 15 is 0 Å². The summed E-state index contributed by atoms with van der Waals surface area (Å²) < 4.78 is 50.8. The van der Waals surface area contributed by atoms with Crippen molar-refractivity contribution in [3.63, 3.8) is 0 Å². The number of nitrogens with one attached hydrogen (secondary N) is 1. The van der Waals surface area contributed by atoms with Crippen LogP contribution in [0.5, 0.6) is 0 Å². The SMILES string of the molecule is Fc1cc(NCc2ccc(C(F)(F)F)cc2)ccc1Br. The van der Waals surface area contributed by atoms with Gasteiger partial charge >= 0.3 is 6.18 Å². The van der Waals surface area contributed by atoms with Gasteiger partial charge in [-0.1, -0.05) is 12.1 Å². The van der Waals surface area contributed by atoms with Gasteiger partial charge in [-0.15, -0.1) is 0 Å². The van der Waals surface area contributed by atoms with E-state index in [9.17, 15) is 17.6 Å². The van der Waals surface area contributed by atoms with Crippen molar-refractivity contribution in [1.82, 2.24) is 0 Å². The van der Waals surface area contributed by atoms with Crippen LogP contribution in [0.25, 0.3) is 0 Å². The lowest BCUT2D eigenvalue weighted by molar-refractivity contribution is -0.137. The Morgan fingerprint density at radius 3 is 2.20 bits per heavy atom.